The van der Waals surface area contributed by atoms with Crippen LogP contribution in [0.15, 0.2) is 24.3 Å². The van der Waals surface area contributed by atoms with Gasteiger partial charge in [-0.3, -0.25) is 9.69 Å². The van der Waals surface area contributed by atoms with Gasteiger partial charge in [0.2, 0.25) is 0 Å². The number of nitrogens with zero attached hydrogens (tertiary/aromatic N) is 1. The van der Waals surface area contributed by atoms with Crippen LogP contribution in [0.2, 0.25) is 0 Å². The number of carboxylic acid groups (broad SMARTS) is 1. The van der Waals surface area contributed by atoms with E-state index in [-0.39, 0.29) is 11.5 Å². The van der Waals surface area contributed by atoms with Crippen LogP contribution >= 0.6 is 0 Å². The lowest BCUT2D eigenvalue weighted by molar-refractivity contribution is -0.144. The molecule has 1 aliphatic rings. The summed E-state index contributed by atoms with van der Waals surface area (Å²) in [5, 5.41) is 9.30. The fourth-order valence-electron chi connectivity index (χ4n) is 3.00. The number of fused-ring (bicyclic) bond motifs is 1. The molecule has 1 aliphatic heterocycles. The predicted octanol–water partition coefficient (Wildman–Crippen LogP) is 2.64. The molecule has 1 N–H and O–H groups in total. The fourth-order valence-corrected chi connectivity index (χ4v) is 3.00. The number of rotatable bonds is 3. The second-order valence-electron chi connectivity index (χ2n) is 5.71. The molecular weight excluding hydrogens is 226 g/mol. The minimum atomic E-state index is -0.715. The molecule has 0 radical (unpaired) electrons. The summed E-state index contributed by atoms with van der Waals surface area (Å²) in [4.78, 5) is 13.4. The van der Waals surface area contributed by atoms with Crippen LogP contribution in [-0.2, 0) is 16.8 Å². The molecule has 0 aromatic heterocycles. The van der Waals surface area contributed by atoms with E-state index < -0.39 is 5.97 Å². The van der Waals surface area contributed by atoms with E-state index in [0.717, 1.165) is 13.1 Å². The highest BCUT2D eigenvalue weighted by molar-refractivity contribution is 5.73. The number of aliphatic carboxylic acids is 1. The van der Waals surface area contributed by atoms with Crippen LogP contribution < -0.4 is 0 Å². The minimum Gasteiger partial charge on any atom is -0.480 e. The molecule has 0 aliphatic carbocycles. The molecule has 3 heteroatoms. The van der Waals surface area contributed by atoms with E-state index >= 15 is 0 Å². The molecule has 18 heavy (non-hydrogen) atoms. The van der Waals surface area contributed by atoms with E-state index in [1.54, 1.807) is 0 Å². The van der Waals surface area contributed by atoms with Crippen LogP contribution in [0, 0.1) is 0 Å². The van der Waals surface area contributed by atoms with Gasteiger partial charge in [-0.2, -0.15) is 0 Å². The third kappa shape index (κ3) is 2.27. The Balaban J connectivity index is 2.34. The summed E-state index contributed by atoms with van der Waals surface area (Å²) in [6.07, 6.45) is 0.646. The molecule has 0 amide bonds. The van der Waals surface area contributed by atoms with Crippen molar-refractivity contribution in [1.29, 1.82) is 0 Å². The first-order valence-electron chi connectivity index (χ1n) is 6.51. The maximum atomic E-state index is 11.3. The van der Waals surface area contributed by atoms with Gasteiger partial charge in [0.05, 0.1) is 0 Å². The monoisotopic (exact) mass is 247 g/mol. The van der Waals surface area contributed by atoms with Crippen molar-refractivity contribution < 1.29 is 9.90 Å². The Hall–Kier alpha value is -1.35. The molecular formula is C15H21NO2. The lowest BCUT2D eigenvalue weighted by Crippen LogP contribution is -2.49. The lowest BCUT2D eigenvalue weighted by Gasteiger charge is -2.42. The molecule has 1 unspecified atom stereocenters. The van der Waals surface area contributed by atoms with E-state index in [2.05, 4.69) is 36.9 Å². The second-order valence-corrected chi connectivity index (χ2v) is 5.71. The van der Waals surface area contributed by atoms with Gasteiger partial charge in [0.1, 0.15) is 6.04 Å². The zero-order chi connectivity index (χ0) is 13.3. The van der Waals surface area contributed by atoms with Crippen molar-refractivity contribution >= 4 is 5.97 Å². The molecule has 1 atom stereocenters. The minimum absolute atomic E-state index is 0.0116. The Morgan fingerprint density at radius 1 is 1.44 bits per heavy atom. The topological polar surface area (TPSA) is 40.5 Å². The molecule has 3 nitrogen and oxygen atoms in total. The molecule has 98 valence electrons. The second kappa shape index (κ2) is 4.73. The first-order valence-corrected chi connectivity index (χ1v) is 6.51. The van der Waals surface area contributed by atoms with Gasteiger partial charge in [0.15, 0.2) is 0 Å². The summed E-state index contributed by atoms with van der Waals surface area (Å²) in [6.45, 7) is 7.85. The fraction of sp³-hybridized carbons (Fsp3) is 0.533. The highest BCUT2D eigenvalue weighted by Gasteiger charge is 2.36. The van der Waals surface area contributed by atoms with Gasteiger partial charge in [0, 0.05) is 18.5 Å². The van der Waals surface area contributed by atoms with Gasteiger partial charge in [-0.05, 0) is 17.5 Å². The Morgan fingerprint density at radius 2 is 2.11 bits per heavy atom. The third-order valence-corrected chi connectivity index (χ3v) is 3.83. The van der Waals surface area contributed by atoms with Crippen LogP contribution in [0.1, 0.15) is 38.3 Å². The highest BCUT2D eigenvalue weighted by atomic mass is 16.4. The molecule has 1 aromatic rings. The van der Waals surface area contributed by atoms with Gasteiger partial charge in [-0.15, -0.1) is 0 Å². The summed E-state index contributed by atoms with van der Waals surface area (Å²) in [7, 11) is 0. The quantitative estimate of drug-likeness (QED) is 0.892. The number of carboxylic acids is 1. The normalized spacial score (nSPS) is 20.2. The van der Waals surface area contributed by atoms with Crippen molar-refractivity contribution in [1.82, 2.24) is 4.90 Å². The van der Waals surface area contributed by atoms with Crippen molar-refractivity contribution in [2.75, 3.05) is 6.54 Å². The Labute approximate surface area is 108 Å². The van der Waals surface area contributed by atoms with Crippen molar-refractivity contribution in [3.05, 3.63) is 35.4 Å². The van der Waals surface area contributed by atoms with Gasteiger partial charge >= 0.3 is 5.97 Å². The van der Waals surface area contributed by atoms with Crippen LogP contribution in [-0.4, -0.2) is 28.6 Å². The van der Waals surface area contributed by atoms with E-state index in [1.165, 1.54) is 11.1 Å². The maximum Gasteiger partial charge on any atom is 0.320 e. The van der Waals surface area contributed by atoms with Crippen molar-refractivity contribution in [2.45, 2.75) is 45.2 Å². The van der Waals surface area contributed by atoms with E-state index in [1.807, 2.05) is 13.0 Å². The number of hydrogen-bond acceptors (Lipinski definition) is 2. The Morgan fingerprint density at radius 3 is 2.72 bits per heavy atom. The summed E-state index contributed by atoms with van der Waals surface area (Å²) in [5.74, 6) is -0.715. The molecule has 2 rings (SSSR count). The summed E-state index contributed by atoms with van der Waals surface area (Å²) >= 11 is 0. The zero-order valence-corrected chi connectivity index (χ0v) is 11.3. The maximum absolute atomic E-state index is 11.3. The summed E-state index contributed by atoms with van der Waals surface area (Å²) in [6, 6.07) is 7.98. The van der Waals surface area contributed by atoms with E-state index in [9.17, 15) is 9.90 Å². The van der Waals surface area contributed by atoms with Gasteiger partial charge in [-0.25, -0.2) is 0 Å². The molecule has 1 aromatic carbocycles. The van der Waals surface area contributed by atoms with Crippen molar-refractivity contribution in [3.63, 3.8) is 0 Å². The molecule has 0 fully saturated rings. The summed E-state index contributed by atoms with van der Waals surface area (Å²) in [5.41, 5.74) is 2.62. The average molecular weight is 247 g/mol. The highest BCUT2D eigenvalue weighted by Crippen LogP contribution is 2.34. The molecule has 0 bridgehead atoms. The van der Waals surface area contributed by atoms with Gasteiger partial charge < -0.3 is 5.11 Å². The molecule has 0 saturated carbocycles. The van der Waals surface area contributed by atoms with Gasteiger partial charge in [0.25, 0.3) is 0 Å². The Kier molecular flexibility index (Phi) is 3.44. The standard InChI is InChI=1S/C15H21NO2/c1-4-13(14(17)18)16-9-11-7-5-6-8-12(11)15(2,3)10-16/h5-8,13H,4,9-10H2,1-3H3,(H,17,18). The van der Waals surface area contributed by atoms with Gasteiger partial charge in [-0.1, -0.05) is 45.0 Å². The smallest absolute Gasteiger partial charge is 0.320 e. The average Bonchev–Trinajstić information content (AvgIpc) is 2.28. The number of benzene rings is 1. The van der Waals surface area contributed by atoms with Crippen molar-refractivity contribution in [2.24, 2.45) is 0 Å². The van der Waals surface area contributed by atoms with E-state index in [4.69, 9.17) is 0 Å². The van der Waals surface area contributed by atoms with Crippen molar-refractivity contribution in [3.8, 4) is 0 Å². The predicted molar refractivity (Wildman–Crippen MR) is 71.6 cm³/mol. The van der Waals surface area contributed by atoms with Crippen LogP contribution in [0.3, 0.4) is 0 Å². The molecule has 1 heterocycles. The van der Waals surface area contributed by atoms with Crippen LogP contribution in [0.5, 0.6) is 0 Å². The van der Waals surface area contributed by atoms with Crippen LogP contribution in [0.25, 0.3) is 0 Å². The zero-order valence-electron chi connectivity index (χ0n) is 11.3. The molecule has 0 saturated heterocycles. The lowest BCUT2D eigenvalue weighted by atomic mass is 9.78. The summed E-state index contributed by atoms with van der Waals surface area (Å²) < 4.78 is 0. The van der Waals surface area contributed by atoms with Crippen LogP contribution in [0.4, 0.5) is 0 Å². The number of carbonyl (C=O) groups is 1. The largest absolute Gasteiger partial charge is 0.480 e. The van der Waals surface area contributed by atoms with E-state index in [0.29, 0.717) is 6.42 Å². The Bertz CT molecular complexity index is 454. The first-order chi connectivity index (χ1) is 8.45. The third-order valence-electron chi connectivity index (χ3n) is 3.83. The molecule has 0 spiro atoms. The number of hydrogen-bond donors (Lipinski definition) is 1. The first kappa shape index (κ1) is 13.1. The SMILES string of the molecule is CCC(C(=O)O)N1Cc2ccccc2C(C)(C)C1.